The Hall–Kier alpha value is 0.940. The third-order valence-corrected chi connectivity index (χ3v) is 6.63. The van der Waals surface area contributed by atoms with Gasteiger partial charge in [-0.15, -0.1) is 0 Å². The summed E-state index contributed by atoms with van der Waals surface area (Å²) in [6.07, 6.45) is 7.73. The molecule has 3 atom stereocenters. The maximum atomic E-state index is 2.56. The molecule has 0 spiro atoms. The Kier molecular flexibility index (Phi) is 4.89. The molecule has 102 valence electrons. The van der Waals surface area contributed by atoms with Gasteiger partial charge in [0.2, 0.25) is 0 Å². The number of rotatable bonds is 3. The second-order valence-electron chi connectivity index (χ2n) is 6.50. The van der Waals surface area contributed by atoms with Crippen LogP contribution in [0.25, 0.3) is 0 Å². The van der Waals surface area contributed by atoms with E-state index < -0.39 is 0 Å². The van der Waals surface area contributed by atoms with Crippen molar-refractivity contribution in [3.8, 4) is 0 Å². The van der Waals surface area contributed by atoms with Gasteiger partial charge in [0.1, 0.15) is 0 Å². The molecule has 18 heavy (non-hydrogen) atoms. The zero-order valence-electron chi connectivity index (χ0n) is 11.9. The molecule has 0 heterocycles. The Balaban J connectivity index is 2.24. The second-order valence-corrected chi connectivity index (χ2v) is 10.0. The van der Waals surface area contributed by atoms with Crippen LogP contribution in [0.2, 0.25) is 0 Å². The molecule has 0 saturated carbocycles. The molecule has 0 aliphatic heterocycles. The summed E-state index contributed by atoms with van der Waals surface area (Å²) in [7, 11) is 0. The summed E-state index contributed by atoms with van der Waals surface area (Å²) in [5.74, 6) is 1.70. The first-order chi connectivity index (χ1) is 8.34. The molecule has 0 aromatic rings. The van der Waals surface area contributed by atoms with E-state index in [-0.39, 0.29) is 0 Å². The van der Waals surface area contributed by atoms with Crippen LogP contribution in [-0.2, 0) is 0 Å². The van der Waals surface area contributed by atoms with Gasteiger partial charge in [0, 0.05) is 3.92 Å². The molecule has 3 unspecified atom stereocenters. The van der Waals surface area contributed by atoms with Crippen molar-refractivity contribution in [2.45, 2.75) is 57.3 Å². The standard InChI is InChI=1S/C16H24I2/c1-10(17)5-7-13-11(2)16(3,4)15-9-12(18)6-8-14(13)15/h6,10,14-15H,5,7-9H2,1-4H3. The molecule has 0 aromatic carbocycles. The van der Waals surface area contributed by atoms with Gasteiger partial charge in [0.15, 0.2) is 0 Å². The van der Waals surface area contributed by atoms with Gasteiger partial charge >= 0.3 is 0 Å². The quantitative estimate of drug-likeness (QED) is 0.259. The highest BCUT2D eigenvalue weighted by atomic mass is 127. The first kappa shape index (κ1) is 15.3. The Bertz CT molecular complexity index is 388. The Morgan fingerprint density at radius 1 is 1.44 bits per heavy atom. The van der Waals surface area contributed by atoms with Gasteiger partial charge in [-0.05, 0) is 76.0 Å². The fourth-order valence-corrected chi connectivity index (χ4v) is 4.74. The van der Waals surface area contributed by atoms with Crippen molar-refractivity contribution < 1.29 is 0 Å². The van der Waals surface area contributed by atoms with E-state index in [1.165, 1.54) is 25.7 Å². The van der Waals surface area contributed by atoms with Crippen molar-refractivity contribution in [2.24, 2.45) is 17.3 Å². The van der Waals surface area contributed by atoms with Gasteiger partial charge < -0.3 is 0 Å². The Labute approximate surface area is 139 Å². The van der Waals surface area contributed by atoms with Gasteiger partial charge in [-0.25, -0.2) is 0 Å². The van der Waals surface area contributed by atoms with E-state index in [4.69, 9.17) is 0 Å². The Morgan fingerprint density at radius 2 is 2.11 bits per heavy atom. The van der Waals surface area contributed by atoms with Crippen LogP contribution in [0.4, 0.5) is 0 Å². The minimum absolute atomic E-state index is 0.416. The van der Waals surface area contributed by atoms with Gasteiger partial charge in [-0.1, -0.05) is 60.6 Å². The molecule has 0 fully saturated rings. The monoisotopic (exact) mass is 470 g/mol. The van der Waals surface area contributed by atoms with Crippen LogP contribution >= 0.6 is 45.2 Å². The minimum Gasteiger partial charge on any atom is -0.0829 e. The largest absolute Gasteiger partial charge is 0.0829 e. The molecule has 2 heteroatoms. The first-order valence-electron chi connectivity index (χ1n) is 7.02. The fraction of sp³-hybridized carbons (Fsp3) is 0.750. The summed E-state index contributed by atoms with van der Waals surface area (Å²) in [6.45, 7) is 9.67. The van der Waals surface area contributed by atoms with E-state index in [1.54, 1.807) is 14.7 Å². The molecule has 0 nitrogen and oxygen atoms in total. The molecule has 2 aliphatic rings. The normalized spacial score (nSPS) is 32.2. The summed E-state index contributed by atoms with van der Waals surface area (Å²) in [5.41, 5.74) is 3.92. The number of halogens is 2. The lowest BCUT2D eigenvalue weighted by Crippen LogP contribution is -2.27. The smallest absolute Gasteiger partial charge is 0.00843 e. The van der Waals surface area contributed by atoms with Crippen molar-refractivity contribution in [2.75, 3.05) is 0 Å². The maximum Gasteiger partial charge on any atom is 0.00843 e. The SMILES string of the molecule is CC1=C(CCC(C)I)C2CC=C(I)CC2C1(C)C. The van der Waals surface area contributed by atoms with Crippen LogP contribution < -0.4 is 0 Å². The molecule has 0 bridgehead atoms. The molecule has 0 N–H and O–H groups in total. The highest BCUT2D eigenvalue weighted by Crippen LogP contribution is 2.57. The van der Waals surface area contributed by atoms with Crippen LogP contribution in [-0.4, -0.2) is 3.92 Å². The van der Waals surface area contributed by atoms with Crippen LogP contribution in [0, 0.1) is 17.3 Å². The molecule has 0 saturated heterocycles. The predicted molar refractivity (Wildman–Crippen MR) is 97.5 cm³/mol. The van der Waals surface area contributed by atoms with Crippen LogP contribution in [0.1, 0.15) is 53.4 Å². The minimum atomic E-state index is 0.416. The number of hydrogen-bond donors (Lipinski definition) is 0. The lowest BCUT2D eigenvalue weighted by Gasteiger charge is -2.35. The van der Waals surface area contributed by atoms with E-state index in [1.807, 2.05) is 0 Å². The molecule has 2 rings (SSSR count). The molecule has 0 aromatic heterocycles. The number of hydrogen-bond acceptors (Lipinski definition) is 0. The van der Waals surface area contributed by atoms with Crippen molar-refractivity contribution in [1.82, 2.24) is 0 Å². The van der Waals surface area contributed by atoms with Crippen LogP contribution in [0.15, 0.2) is 20.8 Å². The van der Waals surface area contributed by atoms with Crippen molar-refractivity contribution in [1.29, 1.82) is 0 Å². The molecular weight excluding hydrogens is 446 g/mol. The van der Waals surface area contributed by atoms with E-state index in [0.29, 0.717) is 5.41 Å². The zero-order valence-corrected chi connectivity index (χ0v) is 16.2. The van der Waals surface area contributed by atoms with E-state index >= 15 is 0 Å². The number of fused-ring (bicyclic) bond motifs is 1. The third kappa shape index (κ3) is 2.84. The summed E-state index contributed by atoms with van der Waals surface area (Å²) in [6, 6.07) is 0. The van der Waals surface area contributed by atoms with Gasteiger partial charge in [0.25, 0.3) is 0 Å². The first-order valence-corrected chi connectivity index (χ1v) is 9.35. The van der Waals surface area contributed by atoms with Gasteiger partial charge in [-0.2, -0.15) is 0 Å². The summed E-state index contributed by atoms with van der Waals surface area (Å²) >= 11 is 5.10. The van der Waals surface area contributed by atoms with Crippen molar-refractivity contribution in [3.63, 3.8) is 0 Å². The average molecular weight is 470 g/mol. The fourth-order valence-electron chi connectivity index (χ4n) is 3.70. The van der Waals surface area contributed by atoms with Gasteiger partial charge in [-0.3, -0.25) is 0 Å². The van der Waals surface area contributed by atoms with Crippen LogP contribution in [0.3, 0.4) is 0 Å². The second kappa shape index (κ2) is 5.74. The van der Waals surface area contributed by atoms with E-state index in [9.17, 15) is 0 Å². The van der Waals surface area contributed by atoms with E-state index in [2.05, 4.69) is 79.0 Å². The molecule has 0 amide bonds. The highest BCUT2D eigenvalue weighted by molar-refractivity contribution is 14.1. The summed E-state index contributed by atoms with van der Waals surface area (Å²) in [5, 5.41) is 0. The lowest BCUT2D eigenvalue weighted by atomic mass is 9.70. The zero-order chi connectivity index (χ0) is 13.5. The Morgan fingerprint density at radius 3 is 2.72 bits per heavy atom. The van der Waals surface area contributed by atoms with Crippen molar-refractivity contribution >= 4 is 45.2 Å². The molecule has 2 aliphatic carbocycles. The molecule has 0 radical (unpaired) electrons. The van der Waals surface area contributed by atoms with Crippen LogP contribution in [0.5, 0.6) is 0 Å². The number of alkyl halides is 1. The highest BCUT2D eigenvalue weighted by Gasteiger charge is 2.46. The third-order valence-electron chi connectivity index (χ3n) is 5.13. The van der Waals surface area contributed by atoms with Crippen molar-refractivity contribution in [3.05, 3.63) is 20.8 Å². The number of allylic oxidation sites excluding steroid dienone is 4. The van der Waals surface area contributed by atoms with Gasteiger partial charge in [0.05, 0.1) is 0 Å². The maximum absolute atomic E-state index is 2.56. The molecular formula is C16H24I2. The average Bonchev–Trinajstić information content (AvgIpc) is 2.46. The topological polar surface area (TPSA) is 0 Å². The predicted octanol–water partition coefficient (Wildman–Crippen LogP) is 6.29. The summed E-state index contributed by atoms with van der Waals surface area (Å²) in [4.78, 5) is 0. The lowest BCUT2D eigenvalue weighted by molar-refractivity contribution is 0.226. The summed E-state index contributed by atoms with van der Waals surface area (Å²) < 4.78 is 2.38. The van der Waals surface area contributed by atoms with E-state index in [0.717, 1.165) is 15.8 Å².